The van der Waals surface area contributed by atoms with Gasteiger partial charge < -0.3 is 28.7 Å². The molecule has 1 rings (SSSR count). The zero-order valence-electron chi connectivity index (χ0n) is 6.39. The van der Waals surface area contributed by atoms with Gasteiger partial charge in [0.05, 0.1) is 0 Å². The van der Waals surface area contributed by atoms with Crippen molar-refractivity contribution >= 4 is 28.4 Å². The van der Waals surface area contributed by atoms with Crippen LogP contribution in [0, 0.1) is 37.2 Å². The van der Waals surface area contributed by atoms with Gasteiger partial charge in [-0.15, -0.1) is 6.07 Å². The zero-order valence-corrected chi connectivity index (χ0v) is 10.6. The van der Waals surface area contributed by atoms with Gasteiger partial charge >= 0.3 is 0 Å². The topological polar surface area (TPSA) is 130 Å². The van der Waals surface area contributed by atoms with Crippen molar-refractivity contribution in [1.29, 1.82) is 0 Å². The van der Waals surface area contributed by atoms with E-state index in [-0.39, 0.29) is 59.6 Å². The molecule has 12 heavy (non-hydrogen) atoms. The Labute approximate surface area is 94.0 Å². The molecule has 0 aliphatic carbocycles. The summed E-state index contributed by atoms with van der Waals surface area (Å²) in [5.41, 5.74) is 28.3. The Morgan fingerprint density at radius 2 is 1.00 bits per heavy atom. The molecule has 5 nitrogen and oxygen atoms in total. The Morgan fingerprint density at radius 3 is 1.33 bits per heavy atom. The monoisotopic (exact) mass is 390 g/mol. The molecule has 0 heterocycles. The normalized spacial score (nSPS) is 9.00. The quantitative estimate of drug-likeness (QED) is 0.298. The molecule has 6 heteroatoms. The van der Waals surface area contributed by atoms with Crippen molar-refractivity contribution < 1.29 is 31.1 Å². The third-order valence-electron chi connectivity index (χ3n) is 1.43. The van der Waals surface area contributed by atoms with Gasteiger partial charge in [-0.25, -0.2) is 0 Å². The number of nitrogens with two attached hydrogens (primary N) is 5. The van der Waals surface area contributed by atoms with E-state index in [2.05, 4.69) is 6.07 Å². The van der Waals surface area contributed by atoms with Crippen molar-refractivity contribution in [2.75, 3.05) is 28.7 Å². The Hall–Kier alpha value is -0.728. The second-order valence-corrected chi connectivity index (χ2v) is 2.19. The number of hydrogen-bond donors (Lipinski definition) is 5. The van der Waals surface area contributed by atoms with Crippen molar-refractivity contribution in [3.63, 3.8) is 0 Å². The van der Waals surface area contributed by atoms with Gasteiger partial charge in [0.1, 0.15) is 0 Å². The first kappa shape index (κ1) is 11.3. The SMILES string of the molecule is Nc1[c-]c(N)c(N)c(N)c1N.[U]. The van der Waals surface area contributed by atoms with E-state index >= 15 is 0 Å². The fourth-order valence-corrected chi connectivity index (χ4v) is 0.715. The van der Waals surface area contributed by atoms with E-state index in [0.717, 1.165) is 0 Å². The van der Waals surface area contributed by atoms with Crippen LogP contribution < -0.4 is 28.7 Å². The first-order valence-corrected chi connectivity index (χ1v) is 2.94. The molecule has 64 valence electrons. The predicted octanol–water partition coefficient (Wildman–Crippen LogP) is -0.602. The summed E-state index contributed by atoms with van der Waals surface area (Å²) in [4.78, 5) is 0. The Morgan fingerprint density at radius 1 is 0.667 bits per heavy atom. The fraction of sp³-hybridized carbons (Fsp3) is 0. The van der Waals surface area contributed by atoms with E-state index in [1.807, 2.05) is 0 Å². The molecule has 0 saturated heterocycles. The van der Waals surface area contributed by atoms with Crippen molar-refractivity contribution in [3.05, 3.63) is 6.07 Å². The molecule has 0 aromatic heterocycles. The number of nitrogen functional groups attached to an aromatic ring is 5. The maximum absolute atomic E-state index is 5.45. The minimum atomic E-state index is 0. The van der Waals surface area contributed by atoms with Gasteiger partial charge in [0.15, 0.2) is 0 Å². The van der Waals surface area contributed by atoms with E-state index in [9.17, 15) is 0 Å². The van der Waals surface area contributed by atoms with Crippen LogP contribution in [0.1, 0.15) is 0 Å². The van der Waals surface area contributed by atoms with Gasteiger partial charge in [-0.3, -0.25) is 0 Å². The van der Waals surface area contributed by atoms with Crippen LogP contribution in [0.5, 0.6) is 0 Å². The van der Waals surface area contributed by atoms with Gasteiger partial charge in [0.25, 0.3) is 0 Å². The maximum Gasteiger partial charge on any atom is 0 e. The van der Waals surface area contributed by atoms with Gasteiger partial charge in [-0.1, -0.05) is 11.4 Å². The second kappa shape index (κ2) is 3.79. The van der Waals surface area contributed by atoms with Crippen molar-refractivity contribution in [2.24, 2.45) is 0 Å². The molecule has 0 fully saturated rings. The standard InChI is InChI=1S/C6H10N5.U/c7-2-1-3(8)5(10)6(11)4(2)9;/h7-11H2;/q-1;. The second-order valence-electron chi connectivity index (χ2n) is 2.19. The zero-order chi connectivity index (χ0) is 8.59. The molecule has 0 saturated carbocycles. The van der Waals surface area contributed by atoms with Gasteiger partial charge in [0, 0.05) is 31.1 Å². The van der Waals surface area contributed by atoms with Crippen LogP contribution in [-0.4, -0.2) is 0 Å². The Kier molecular flexibility index (Phi) is 3.56. The predicted molar refractivity (Wildman–Crippen MR) is 47.3 cm³/mol. The summed E-state index contributed by atoms with van der Waals surface area (Å²) >= 11 is 0. The molecule has 1 aromatic rings. The third-order valence-corrected chi connectivity index (χ3v) is 1.43. The summed E-state index contributed by atoms with van der Waals surface area (Å²) in [7, 11) is 0. The van der Waals surface area contributed by atoms with Crippen LogP contribution in [0.3, 0.4) is 0 Å². The van der Waals surface area contributed by atoms with Crippen LogP contribution in [0.15, 0.2) is 0 Å². The van der Waals surface area contributed by atoms with Gasteiger partial charge in [0.2, 0.25) is 0 Å². The summed E-state index contributed by atoms with van der Waals surface area (Å²) < 4.78 is 0. The molecular weight excluding hydrogens is 380 g/mol. The first-order valence-electron chi connectivity index (χ1n) is 2.94. The third kappa shape index (κ3) is 1.71. The van der Waals surface area contributed by atoms with Crippen molar-refractivity contribution in [2.45, 2.75) is 0 Å². The number of hydrogen-bond acceptors (Lipinski definition) is 5. The molecule has 0 radical (unpaired) electrons. The van der Waals surface area contributed by atoms with Gasteiger partial charge in [-0.2, -0.15) is 0 Å². The van der Waals surface area contributed by atoms with Gasteiger partial charge in [-0.05, 0) is 17.1 Å². The summed E-state index contributed by atoms with van der Waals surface area (Å²) in [5.74, 6) is 0. The average molecular weight is 390 g/mol. The van der Waals surface area contributed by atoms with Crippen LogP contribution >= 0.6 is 0 Å². The minimum Gasteiger partial charge on any atom is -0.446 e. The minimum absolute atomic E-state index is 0. The molecule has 0 aliphatic heterocycles. The molecule has 0 unspecified atom stereocenters. The molecule has 0 spiro atoms. The smallest absolute Gasteiger partial charge is 0 e. The molecule has 10 N–H and O–H groups in total. The summed E-state index contributed by atoms with van der Waals surface area (Å²) in [5, 5.41) is 0. The summed E-state index contributed by atoms with van der Waals surface area (Å²) in [6.45, 7) is 0. The Bertz CT molecular complexity index is 272. The van der Waals surface area contributed by atoms with Crippen LogP contribution in [-0.2, 0) is 0 Å². The van der Waals surface area contributed by atoms with Crippen LogP contribution in [0.4, 0.5) is 28.4 Å². The molecule has 0 atom stereocenters. The van der Waals surface area contributed by atoms with Crippen molar-refractivity contribution in [3.8, 4) is 0 Å². The van der Waals surface area contributed by atoms with Crippen LogP contribution in [0.2, 0.25) is 0 Å². The summed E-state index contributed by atoms with van der Waals surface area (Å²) in [6.07, 6.45) is 0. The average Bonchev–Trinajstić information content (AvgIpc) is 1.97. The van der Waals surface area contributed by atoms with E-state index in [1.165, 1.54) is 0 Å². The summed E-state index contributed by atoms with van der Waals surface area (Å²) in [6, 6.07) is 2.57. The molecule has 0 bridgehead atoms. The molecule has 0 aliphatic rings. The largest absolute Gasteiger partial charge is 0.446 e. The van der Waals surface area contributed by atoms with E-state index < -0.39 is 0 Å². The first-order chi connectivity index (χ1) is 5.04. The molecule has 0 amide bonds. The molecule has 1 aromatic carbocycles. The van der Waals surface area contributed by atoms with E-state index in [0.29, 0.717) is 0 Å². The Balaban J connectivity index is 0.00000121. The number of benzene rings is 1. The number of anilines is 5. The molecular formula is C6H10N5U-. The van der Waals surface area contributed by atoms with E-state index in [4.69, 9.17) is 28.7 Å². The van der Waals surface area contributed by atoms with E-state index in [1.54, 1.807) is 0 Å². The maximum atomic E-state index is 5.45. The number of rotatable bonds is 0. The van der Waals surface area contributed by atoms with Crippen molar-refractivity contribution in [1.82, 2.24) is 0 Å². The van der Waals surface area contributed by atoms with Crippen LogP contribution in [0.25, 0.3) is 0 Å². The fourth-order valence-electron chi connectivity index (χ4n) is 0.715.